The molecule has 2 nitrogen and oxygen atoms in total. The van der Waals surface area contributed by atoms with Crippen molar-refractivity contribution in [2.24, 2.45) is 5.41 Å². The third-order valence-corrected chi connectivity index (χ3v) is 1.01. The third kappa shape index (κ3) is 9.38. The number of carbonyl (C=O) groups is 1. The van der Waals surface area contributed by atoms with E-state index in [4.69, 9.17) is 4.74 Å². The number of esters is 1. The van der Waals surface area contributed by atoms with Crippen LogP contribution in [-0.4, -0.2) is 11.6 Å². The summed E-state index contributed by atoms with van der Waals surface area (Å²) in [4.78, 5) is 11.3. The van der Waals surface area contributed by atoms with Gasteiger partial charge < -0.3 is 4.74 Å². The Morgan fingerprint density at radius 1 is 0.923 bits per heavy atom. The van der Waals surface area contributed by atoms with E-state index in [9.17, 15) is 4.79 Å². The van der Waals surface area contributed by atoms with Gasteiger partial charge in [0.1, 0.15) is 5.60 Å². The lowest BCUT2D eigenvalue weighted by atomic mass is 9.97. The molecule has 0 saturated heterocycles. The van der Waals surface area contributed by atoms with E-state index >= 15 is 0 Å². The van der Waals surface area contributed by atoms with Crippen LogP contribution in [0.25, 0.3) is 0 Å². The Morgan fingerprint density at radius 2 is 1.23 bits per heavy atom. The summed E-state index contributed by atoms with van der Waals surface area (Å²) in [6.45, 7) is 11.2. The van der Waals surface area contributed by atoms with E-state index in [0.29, 0.717) is 0 Å². The van der Waals surface area contributed by atoms with Gasteiger partial charge in [0.2, 0.25) is 0 Å². The van der Waals surface area contributed by atoms with E-state index in [1.54, 1.807) is 0 Å². The van der Waals surface area contributed by atoms with Crippen LogP contribution < -0.4 is 0 Å². The first-order chi connectivity index (χ1) is 4.63. The van der Waals surface area contributed by atoms with Gasteiger partial charge in [-0.2, -0.15) is 0 Å². The molecule has 82 valence electrons. The molecular formula is C11H26O2. The van der Waals surface area contributed by atoms with Crippen LogP contribution in [0.15, 0.2) is 0 Å². The number of hydrogen-bond donors (Lipinski definition) is 0. The summed E-state index contributed by atoms with van der Waals surface area (Å²) in [5, 5.41) is 0. The molecule has 13 heavy (non-hydrogen) atoms. The summed E-state index contributed by atoms with van der Waals surface area (Å²) in [5.41, 5.74) is -0.766. The van der Waals surface area contributed by atoms with Gasteiger partial charge >= 0.3 is 5.97 Å². The summed E-state index contributed by atoms with van der Waals surface area (Å²) in [5.74, 6) is -0.148. The molecule has 0 aliphatic rings. The molecule has 0 aromatic heterocycles. The van der Waals surface area contributed by atoms with Crippen LogP contribution >= 0.6 is 0 Å². The lowest BCUT2D eigenvalue weighted by molar-refractivity contribution is -0.164. The van der Waals surface area contributed by atoms with Gasteiger partial charge in [0.15, 0.2) is 0 Å². The highest BCUT2D eigenvalue weighted by molar-refractivity contribution is 5.75. The zero-order chi connectivity index (χ0) is 9.28. The van der Waals surface area contributed by atoms with Gasteiger partial charge in [-0.25, -0.2) is 0 Å². The molecule has 0 spiro atoms. The van der Waals surface area contributed by atoms with Gasteiger partial charge in [0, 0.05) is 0 Å². The largest absolute Gasteiger partial charge is 0.460 e. The van der Waals surface area contributed by atoms with Crippen molar-refractivity contribution >= 4 is 5.97 Å². The van der Waals surface area contributed by atoms with Crippen molar-refractivity contribution in [3.63, 3.8) is 0 Å². The predicted octanol–water partition coefficient (Wildman–Crippen LogP) is 3.65. The Hall–Kier alpha value is -0.530. The summed E-state index contributed by atoms with van der Waals surface area (Å²) in [6, 6.07) is 0. The highest BCUT2D eigenvalue weighted by Crippen LogP contribution is 2.19. The van der Waals surface area contributed by atoms with E-state index in [0.717, 1.165) is 0 Å². The van der Waals surface area contributed by atoms with Crippen LogP contribution in [-0.2, 0) is 9.53 Å². The van der Waals surface area contributed by atoms with Crippen LogP contribution in [0.3, 0.4) is 0 Å². The molecule has 0 aromatic rings. The van der Waals surface area contributed by atoms with Gasteiger partial charge in [-0.3, -0.25) is 4.79 Å². The van der Waals surface area contributed by atoms with Crippen LogP contribution in [0.2, 0.25) is 0 Å². The Labute approximate surface area is 83.7 Å². The van der Waals surface area contributed by atoms with E-state index in [-0.39, 0.29) is 26.4 Å². The maximum absolute atomic E-state index is 11.3. The maximum atomic E-state index is 11.3. The second-order valence-corrected chi connectivity index (χ2v) is 4.75. The monoisotopic (exact) mass is 190 g/mol. The number of ether oxygens (including phenoxy) is 1. The van der Waals surface area contributed by atoms with E-state index in [1.807, 2.05) is 41.5 Å². The molecule has 0 aliphatic heterocycles. The molecule has 0 N–H and O–H groups in total. The van der Waals surface area contributed by atoms with Crippen molar-refractivity contribution in [3.05, 3.63) is 0 Å². The lowest BCUT2D eigenvalue weighted by Crippen LogP contribution is -2.31. The van der Waals surface area contributed by atoms with Gasteiger partial charge in [-0.15, -0.1) is 0 Å². The van der Waals surface area contributed by atoms with E-state index < -0.39 is 5.41 Å². The molecule has 0 fully saturated rings. The third-order valence-electron chi connectivity index (χ3n) is 1.01. The Kier molecular flexibility index (Phi) is 7.39. The van der Waals surface area contributed by atoms with Gasteiger partial charge in [0.25, 0.3) is 0 Å². The van der Waals surface area contributed by atoms with Crippen molar-refractivity contribution in [3.8, 4) is 0 Å². The number of hydrogen-bond acceptors (Lipinski definition) is 2. The minimum atomic E-state index is -0.396. The Balaban J connectivity index is -0.000000500. The zero-order valence-corrected chi connectivity index (χ0v) is 8.32. The molecule has 0 aromatic carbocycles. The molecule has 0 saturated carbocycles. The fourth-order valence-corrected chi connectivity index (χ4v) is 0.431. The standard InChI is InChI=1S/C9H18O2.2CH4/c1-8(2,3)7(10)11-9(4,5)6;;/h1-6H3;2*1H4. The topological polar surface area (TPSA) is 26.3 Å². The van der Waals surface area contributed by atoms with Crippen molar-refractivity contribution < 1.29 is 9.53 Å². The SMILES string of the molecule is C.C.CC(C)(C)OC(=O)C(C)(C)C. The smallest absolute Gasteiger partial charge is 0.311 e. The zero-order valence-electron chi connectivity index (χ0n) is 8.32. The van der Waals surface area contributed by atoms with E-state index in [2.05, 4.69) is 0 Å². The molecule has 0 heterocycles. The van der Waals surface area contributed by atoms with Gasteiger partial charge in [-0.05, 0) is 41.5 Å². The predicted molar refractivity (Wildman–Crippen MR) is 58.8 cm³/mol. The van der Waals surface area contributed by atoms with Crippen LogP contribution in [0.5, 0.6) is 0 Å². The highest BCUT2D eigenvalue weighted by Gasteiger charge is 2.27. The fraction of sp³-hybridized carbons (Fsp3) is 0.909. The Bertz CT molecular complexity index is 146. The first kappa shape index (κ1) is 18.3. The second kappa shape index (κ2) is 5.25. The number of rotatable bonds is 0. The minimum absolute atomic E-state index is 0. The van der Waals surface area contributed by atoms with Crippen molar-refractivity contribution in [2.45, 2.75) is 62.0 Å². The van der Waals surface area contributed by atoms with Crippen molar-refractivity contribution in [1.29, 1.82) is 0 Å². The van der Waals surface area contributed by atoms with Gasteiger partial charge in [-0.1, -0.05) is 14.9 Å². The maximum Gasteiger partial charge on any atom is 0.311 e. The molecule has 0 unspecified atom stereocenters. The molecule has 0 atom stereocenters. The summed E-state index contributed by atoms with van der Waals surface area (Å²) in [6.07, 6.45) is 0. The Morgan fingerprint density at radius 3 is 1.31 bits per heavy atom. The normalized spacial score (nSPS) is 10.9. The fourth-order valence-electron chi connectivity index (χ4n) is 0.431. The average molecular weight is 190 g/mol. The molecule has 0 aliphatic carbocycles. The highest BCUT2D eigenvalue weighted by atomic mass is 16.6. The first-order valence-corrected chi connectivity index (χ1v) is 3.86. The summed E-state index contributed by atoms with van der Waals surface area (Å²) >= 11 is 0. The lowest BCUT2D eigenvalue weighted by Gasteiger charge is -2.25. The van der Waals surface area contributed by atoms with Crippen LogP contribution in [0.1, 0.15) is 56.4 Å². The molecule has 2 heteroatoms. The summed E-state index contributed by atoms with van der Waals surface area (Å²) < 4.78 is 5.16. The first-order valence-electron chi connectivity index (χ1n) is 3.86. The molecule has 0 radical (unpaired) electrons. The van der Waals surface area contributed by atoms with Crippen LogP contribution in [0.4, 0.5) is 0 Å². The average Bonchev–Trinajstić information content (AvgIpc) is 1.56. The molecule has 0 amide bonds. The molecule has 0 rings (SSSR count). The molecular weight excluding hydrogens is 164 g/mol. The van der Waals surface area contributed by atoms with Crippen LogP contribution in [0, 0.1) is 5.41 Å². The van der Waals surface area contributed by atoms with E-state index in [1.165, 1.54) is 0 Å². The minimum Gasteiger partial charge on any atom is -0.460 e. The second-order valence-electron chi connectivity index (χ2n) is 4.75. The quantitative estimate of drug-likeness (QED) is 0.545. The summed E-state index contributed by atoms with van der Waals surface area (Å²) in [7, 11) is 0. The van der Waals surface area contributed by atoms with Gasteiger partial charge in [0.05, 0.1) is 5.41 Å². The number of carbonyl (C=O) groups excluding carboxylic acids is 1. The van der Waals surface area contributed by atoms with Crippen molar-refractivity contribution in [2.75, 3.05) is 0 Å². The molecule has 0 bridgehead atoms. The van der Waals surface area contributed by atoms with Crippen molar-refractivity contribution in [1.82, 2.24) is 0 Å².